The third-order valence-corrected chi connectivity index (χ3v) is 5.98. The number of phenols is 1. The van der Waals surface area contributed by atoms with E-state index in [4.69, 9.17) is 11.6 Å². The highest BCUT2D eigenvalue weighted by atomic mass is 35.5. The second-order valence-corrected chi connectivity index (χ2v) is 9.99. The molecule has 1 aliphatic rings. The molecule has 8 heteroatoms. The van der Waals surface area contributed by atoms with Crippen molar-refractivity contribution in [1.29, 1.82) is 0 Å². The molecule has 0 spiro atoms. The number of nitrogens with zero attached hydrogens (tertiary/aromatic N) is 4. The number of piperidine rings is 1. The van der Waals surface area contributed by atoms with Crippen LogP contribution < -0.4 is 10.2 Å². The monoisotopic (exact) mass is 461 g/mol. The number of nitrogens with one attached hydrogen (secondary N) is 1. The lowest BCUT2D eigenvalue weighted by Gasteiger charge is -2.49. The summed E-state index contributed by atoms with van der Waals surface area (Å²) in [4.78, 5) is 6.46. The van der Waals surface area contributed by atoms with Gasteiger partial charge in [0.1, 0.15) is 5.75 Å². The van der Waals surface area contributed by atoms with E-state index < -0.39 is 0 Å². The van der Waals surface area contributed by atoms with Crippen LogP contribution in [-0.4, -0.2) is 44.5 Å². The van der Waals surface area contributed by atoms with Gasteiger partial charge in [-0.1, -0.05) is 11.6 Å². The third-order valence-electron chi connectivity index (χ3n) is 5.77. The van der Waals surface area contributed by atoms with Crippen LogP contribution in [-0.2, 0) is 0 Å². The average molecular weight is 462 g/mol. The predicted octanol–water partition coefficient (Wildman–Crippen LogP) is 5.22. The normalized spacial score (nSPS) is 17.9. The molecule has 0 atom stereocenters. The third kappa shape index (κ3) is 5.03. The van der Waals surface area contributed by atoms with Gasteiger partial charge in [-0.25, -0.2) is 0 Å². The summed E-state index contributed by atoms with van der Waals surface area (Å²) in [5, 5.41) is 24.5. The van der Waals surface area contributed by atoms with E-state index in [2.05, 4.69) is 60.1 Å². The molecule has 6 nitrogen and oxygen atoms in total. The second kappa shape index (κ2) is 8.41. The highest BCUT2D eigenvalue weighted by Crippen LogP contribution is 2.35. The number of halogens is 2. The van der Waals surface area contributed by atoms with Gasteiger partial charge < -0.3 is 15.3 Å². The van der Waals surface area contributed by atoms with Crippen LogP contribution in [0.4, 0.5) is 5.82 Å². The fraction of sp³-hybridized carbons (Fsp3) is 0.435. The number of hydrogen-bond acceptors (Lipinski definition) is 6. The van der Waals surface area contributed by atoms with E-state index in [0.717, 1.165) is 24.0 Å². The zero-order chi connectivity index (χ0) is 21.7. The van der Waals surface area contributed by atoms with E-state index in [-0.39, 0.29) is 29.2 Å². The Bertz CT molecular complexity index is 1070. The molecule has 31 heavy (non-hydrogen) atoms. The van der Waals surface area contributed by atoms with E-state index in [1.54, 1.807) is 12.3 Å². The van der Waals surface area contributed by atoms with Crippen LogP contribution in [0.15, 0.2) is 36.5 Å². The van der Waals surface area contributed by atoms with E-state index in [1.807, 2.05) is 24.3 Å². The van der Waals surface area contributed by atoms with Crippen LogP contribution in [0.5, 0.6) is 5.75 Å². The Morgan fingerprint density at radius 2 is 1.74 bits per heavy atom. The lowest BCUT2D eigenvalue weighted by atomic mass is 9.79. The minimum Gasteiger partial charge on any atom is -0.507 e. The SMILES string of the molecule is CN(c1ccc(-c2cc3cc(Cl)cnc3cc2O)nn1)C1CC(C)(C)NC(C)(C)C1.Cl. The van der Waals surface area contributed by atoms with Gasteiger partial charge in [0.15, 0.2) is 5.82 Å². The number of fused-ring (bicyclic) bond motifs is 1. The number of benzene rings is 1. The van der Waals surface area contributed by atoms with Crippen molar-refractivity contribution in [2.75, 3.05) is 11.9 Å². The summed E-state index contributed by atoms with van der Waals surface area (Å²) in [6, 6.07) is 9.51. The molecule has 0 bridgehead atoms. The van der Waals surface area contributed by atoms with Crippen LogP contribution in [0.3, 0.4) is 0 Å². The Kier molecular flexibility index (Phi) is 6.38. The summed E-state index contributed by atoms with van der Waals surface area (Å²) in [5.41, 5.74) is 2.01. The standard InChI is InChI=1S/C23H28ClN5O.ClH/c1-22(2)11-16(12-23(3,4)28-22)29(5)21-7-6-18(26-27-21)17-9-14-8-15(24)13-25-19(14)10-20(17)30;/h6-10,13,16,28,30H,11-12H2,1-5H3;1H. The molecule has 0 saturated carbocycles. The highest BCUT2D eigenvalue weighted by Gasteiger charge is 2.39. The fourth-order valence-electron chi connectivity index (χ4n) is 4.73. The first-order chi connectivity index (χ1) is 14.0. The number of aromatic hydroxyl groups is 1. The van der Waals surface area contributed by atoms with Crippen molar-refractivity contribution >= 4 is 40.7 Å². The fourth-order valence-corrected chi connectivity index (χ4v) is 4.90. The van der Waals surface area contributed by atoms with Crippen LogP contribution >= 0.6 is 24.0 Å². The van der Waals surface area contributed by atoms with Crippen molar-refractivity contribution in [1.82, 2.24) is 20.5 Å². The van der Waals surface area contributed by atoms with Crippen LogP contribution in [0.1, 0.15) is 40.5 Å². The molecular weight excluding hydrogens is 433 g/mol. The molecule has 2 N–H and O–H groups in total. The number of phenolic OH excluding ortho intramolecular Hbond substituents is 1. The topological polar surface area (TPSA) is 74.2 Å². The first-order valence-corrected chi connectivity index (χ1v) is 10.6. The zero-order valence-corrected chi connectivity index (χ0v) is 20.1. The number of pyridine rings is 1. The molecule has 2 aromatic heterocycles. The summed E-state index contributed by atoms with van der Waals surface area (Å²) in [5.74, 6) is 0.942. The summed E-state index contributed by atoms with van der Waals surface area (Å²) in [7, 11) is 2.08. The van der Waals surface area contributed by atoms with Crippen molar-refractivity contribution in [3.05, 3.63) is 41.6 Å². The molecule has 1 saturated heterocycles. The molecule has 0 aliphatic carbocycles. The number of hydrogen-bond donors (Lipinski definition) is 2. The minimum absolute atomic E-state index is 0. The Morgan fingerprint density at radius 1 is 1.06 bits per heavy atom. The second-order valence-electron chi connectivity index (χ2n) is 9.56. The summed E-state index contributed by atoms with van der Waals surface area (Å²) < 4.78 is 0. The maximum atomic E-state index is 10.5. The largest absolute Gasteiger partial charge is 0.507 e. The van der Waals surface area contributed by atoms with Crippen molar-refractivity contribution in [2.45, 2.75) is 57.7 Å². The lowest BCUT2D eigenvalue weighted by molar-refractivity contribution is 0.160. The number of anilines is 1. The van der Waals surface area contributed by atoms with Gasteiger partial charge in [0, 0.05) is 47.4 Å². The van der Waals surface area contributed by atoms with Crippen LogP contribution in [0.2, 0.25) is 5.02 Å². The van der Waals surface area contributed by atoms with Gasteiger partial charge in [0.25, 0.3) is 0 Å². The van der Waals surface area contributed by atoms with Crippen molar-refractivity contribution in [3.63, 3.8) is 0 Å². The maximum absolute atomic E-state index is 10.5. The van der Waals surface area contributed by atoms with Crippen LogP contribution in [0, 0.1) is 0 Å². The van der Waals surface area contributed by atoms with Gasteiger partial charge in [-0.05, 0) is 64.8 Å². The van der Waals surface area contributed by atoms with Crippen molar-refractivity contribution in [2.24, 2.45) is 0 Å². The predicted molar refractivity (Wildman–Crippen MR) is 129 cm³/mol. The summed E-state index contributed by atoms with van der Waals surface area (Å²) in [6.07, 6.45) is 3.61. The molecule has 0 unspecified atom stereocenters. The van der Waals surface area contributed by atoms with E-state index in [1.165, 1.54) is 0 Å². The van der Waals surface area contributed by atoms with Gasteiger partial charge in [-0.3, -0.25) is 4.98 Å². The molecule has 1 fully saturated rings. The minimum atomic E-state index is 0. The van der Waals surface area contributed by atoms with Gasteiger partial charge in [-0.2, -0.15) is 0 Å². The Morgan fingerprint density at radius 3 is 2.35 bits per heavy atom. The first-order valence-electron chi connectivity index (χ1n) is 10.2. The van der Waals surface area contributed by atoms with Gasteiger partial charge in [0.2, 0.25) is 0 Å². The quantitative estimate of drug-likeness (QED) is 0.556. The highest BCUT2D eigenvalue weighted by molar-refractivity contribution is 6.31. The maximum Gasteiger partial charge on any atom is 0.151 e. The van der Waals surface area contributed by atoms with Crippen LogP contribution in [0.25, 0.3) is 22.2 Å². The summed E-state index contributed by atoms with van der Waals surface area (Å²) in [6.45, 7) is 8.97. The first kappa shape index (κ1) is 23.5. The Balaban J connectivity index is 0.00000272. The molecule has 0 amide bonds. The Hall–Kier alpha value is -2.15. The summed E-state index contributed by atoms with van der Waals surface area (Å²) >= 11 is 6.06. The molecule has 3 heterocycles. The lowest BCUT2D eigenvalue weighted by Crippen LogP contribution is -2.62. The Labute approximate surface area is 194 Å². The number of aromatic nitrogens is 3. The van der Waals surface area contributed by atoms with E-state index in [9.17, 15) is 5.11 Å². The van der Waals surface area contributed by atoms with E-state index in [0.29, 0.717) is 27.8 Å². The van der Waals surface area contributed by atoms with Gasteiger partial charge >= 0.3 is 0 Å². The van der Waals surface area contributed by atoms with Crippen molar-refractivity contribution < 1.29 is 5.11 Å². The molecule has 0 radical (unpaired) electrons. The molecule has 1 aromatic carbocycles. The molecule has 166 valence electrons. The smallest absolute Gasteiger partial charge is 0.151 e. The molecule has 1 aliphatic heterocycles. The van der Waals surface area contributed by atoms with Gasteiger partial charge in [-0.15, -0.1) is 22.6 Å². The average Bonchev–Trinajstić information content (AvgIpc) is 2.65. The van der Waals surface area contributed by atoms with Gasteiger partial charge in [0.05, 0.1) is 16.2 Å². The number of rotatable bonds is 3. The zero-order valence-electron chi connectivity index (χ0n) is 18.5. The molecular formula is C23H29Cl2N5O. The molecule has 3 aromatic rings. The van der Waals surface area contributed by atoms with E-state index >= 15 is 0 Å². The molecule has 4 rings (SSSR count). The van der Waals surface area contributed by atoms with Crippen molar-refractivity contribution in [3.8, 4) is 17.0 Å².